The molecule has 0 aliphatic carbocycles. The third-order valence-electron chi connectivity index (χ3n) is 5.98. The minimum absolute atomic E-state index is 0.119. The second-order valence-corrected chi connectivity index (χ2v) is 9.35. The molecule has 1 saturated heterocycles. The number of carbonyl (C=O) groups excluding carboxylic acids is 1. The molecule has 6 nitrogen and oxygen atoms in total. The number of aromatic nitrogens is 2. The van der Waals surface area contributed by atoms with E-state index in [9.17, 15) is 9.59 Å². The van der Waals surface area contributed by atoms with Crippen LogP contribution in [0.5, 0.6) is 0 Å². The van der Waals surface area contributed by atoms with Gasteiger partial charge in [-0.15, -0.1) is 11.3 Å². The summed E-state index contributed by atoms with van der Waals surface area (Å²) in [6.07, 6.45) is 4.06. The fraction of sp³-hybridized carbons (Fsp3) is 0.435. The van der Waals surface area contributed by atoms with Crippen molar-refractivity contribution in [2.45, 2.75) is 39.8 Å². The first-order valence-corrected chi connectivity index (χ1v) is 11.3. The number of amides is 1. The van der Waals surface area contributed by atoms with Crippen molar-refractivity contribution in [3.8, 4) is 0 Å². The Hall–Kier alpha value is -2.51. The van der Waals surface area contributed by atoms with Gasteiger partial charge in [0.25, 0.3) is 11.5 Å². The predicted molar refractivity (Wildman–Crippen MR) is 121 cm³/mol. The number of nitrogens with zero attached hydrogens (tertiary/aromatic N) is 3. The van der Waals surface area contributed by atoms with Gasteiger partial charge in [0.15, 0.2) is 0 Å². The topological polar surface area (TPSA) is 67.2 Å². The Kier molecular flexibility index (Phi) is 6.01. The molecule has 1 fully saturated rings. The lowest BCUT2D eigenvalue weighted by molar-refractivity contribution is 0.0954. The first-order chi connectivity index (χ1) is 14.4. The summed E-state index contributed by atoms with van der Waals surface area (Å²) in [5.74, 6) is 0.680. The summed E-state index contributed by atoms with van der Waals surface area (Å²) in [5, 5.41) is 3.52. The van der Waals surface area contributed by atoms with Gasteiger partial charge < -0.3 is 9.88 Å². The Bertz CT molecular complexity index is 1110. The molecule has 30 heavy (non-hydrogen) atoms. The van der Waals surface area contributed by atoms with Gasteiger partial charge in [-0.3, -0.25) is 14.5 Å². The van der Waals surface area contributed by atoms with E-state index in [1.165, 1.54) is 53.7 Å². The lowest BCUT2D eigenvalue weighted by atomic mass is 9.99. The predicted octanol–water partition coefficient (Wildman–Crippen LogP) is 3.47. The molecule has 0 saturated carbocycles. The standard InChI is InChI=1S/C23H28N4O2S/c1-15-8-10-27(11-9-15)13-18-6-4-17(5-7-18)12-24-21(28)20-16(2)19-22(30-20)25-14-26(3)23(19)29/h4-7,14-15H,8-13H2,1-3H3,(H,24,28). The highest BCUT2D eigenvalue weighted by Crippen LogP contribution is 2.26. The minimum Gasteiger partial charge on any atom is -0.347 e. The Morgan fingerprint density at radius 1 is 1.20 bits per heavy atom. The molecule has 1 aromatic carbocycles. The van der Waals surface area contributed by atoms with Crippen LogP contribution in [0.3, 0.4) is 0 Å². The van der Waals surface area contributed by atoms with Crippen LogP contribution in [0.15, 0.2) is 35.4 Å². The maximum Gasteiger partial charge on any atom is 0.262 e. The minimum atomic E-state index is -0.163. The molecule has 2 aromatic heterocycles. The number of piperidine rings is 1. The number of nitrogens with one attached hydrogen (secondary N) is 1. The van der Waals surface area contributed by atoms with Gasteiger partial charge in [-0.05, 0) is 55.5 Å². The van der Waals surface area contributed by atoms with Gasteiger partial charge in [-0.2, -0.15) is 0 Å². The molecule has 0 atom stereocenters. The first kappa shape index (κ1) is 20.8. The molecule has 7 heteroatoms. The number of hydrogen-bond donors (Lipinski definition) is 1. The van der Waals surface area contributed by atoms with Crippen LogP contribution in [0.4, 0.5) is 0 Å². The van der Waals surface area contributed by atoms with Crippen LogP contribution in [-0.2, 0) is 20.1 Å². The normalized spacial score (nSPS) is 15.6. The van der Waals surface area contributed by atoms with Gasteiger partial charge in [0.2, 0.25) is 0 Å². The van der Waals surface area contributed by atoms with Gasteiger partial charge in [0.05, 0.1) is 16.6 Å². The Labute approximate surface area is 180 Å². The van der Waals surface area contributed by atoms with Crippen molar-refractivity contribution >= 4 is 27.5 Å². The van der Waals surface area contributed by atoms with Gasteiger partial charge in [0.1, 0.15) is 4.83 Å². The van der Waals surface area contributed by atoms with E-state index in [2.05, 4.69) is 46.4 Å². The van der Waals surface area contributed by atoms with Crippen molar-refractivity contribution in [3.63, 3.8) is 0 Å². The monoisotopic (exact) mass is 424 g/mol. The van der Waals surface area contributed by atoms with Crippen molar-refractivity contribution in [1.29, 1.82) is 0 Å². The van der Waals surface area contributed by atoms with Crippen LogP contribution in [0.1, 0.15) is 46.1 Å². The SMILES string of the molecule is Cc1c(C(=O)NCc2ccc(CN3CCC(C)CC3)cc2)sc2ncn(C)c(=O)c12. The van der Waals surface area contributed by atoms with Crippen molar-refractivity contribution in [2.24, 2.45) is 13.0 Å². The largest absolute Gasteiger partial charge is 0.347 e. The van der Waals surface area contributed by atoms with Gasteiger partial charge >= 0.3 is 0 Å². The summed E-state index contributed by atoms with van der Waals surface area (Å²) in [6, 6.07) is 8.46. The van der Waals surface area contributed by atoms with Gasteiger partial charge in [-0.1, -0.05) is 31.2 Å². The van der Waals surface area contributed by atoms with Crippen molar-refractivity contribution < 1.29 is 4.79 Å². The Morgan fingerprint density at radius 2 is 1.87 bits per heavy atom. The smallest absolute Gasteiger partial charge is 0.262 e. The molecule has 1 amide bonds. The number of thiophene rings is 1. The maximum atomic E-state index is 12.7. The molecule has 3 heterocycles. The fourth-order valence-electron chi connectivity index (χ4n) is 3.93. The number of aryl methyl sites for hydroxylation is 2. The lowest BCUT2D eigenvalue weighted by Gasteiger charge is -2.30. The van der Waals surface area contributed by atoms with E-state index < -0.39 is 0 Å². The highest BCUT2D eigenvalue weighted by atomic mass is 32.1. The van der Waals surface area contributed by atoms with E-state index in [0.29, 0.717) is 27.2 Å². The average Bonchev–Trinajstić information content (AvgIpc) is 3.09. The molecule has 0 bridgehead atoms. The van der Waals surface area contributed by atoms with Crippen LogP contribution in [-0.4, -0.2) is 33.4 Å². The van der Waals surface area contributed by atoms with Crippen molar-refractivity contribution in [1.82, 2.24) is 19.8 Å². The van der Waals surface area contributed by atoms with E-state index in [4.69, 9.17) is 0 Å². The second kappa shape index (κ2) is 8.70. The van der Waals surface area contributed by atoms with Crippen LogP contribution in [0.25, 0.3) is 10.2 Å². The average molecular weight is 425 g/mol. The van der Waals surface area contributed by atoms with Gasteiger partial charge in [-0.25, -0.2) is 4.98 Å². The van der Waals surface area contributed by atoms with E-state index >= 15 is 0 Å². The summed E-state index contributed by atoms with van der Waals surface area (Å²) < 4.78 is 1.44. The third kappa shape index (κ3) is 4.32. The number of hydrogen-bond acceptors (Lipinski definition) is 5. The van der Waals surface area contributed by atoms with Crippen LogP contribution >= 0.6 is 11.3 Å². The number of rotatable bonds is 5. The molecule has 158 valence electrons. The van der Waals surface area contributed by atoms with E-state index in [-0.39, 0.29) is 11.5 Å². The van der Waals surface area contributed by atoms with Gasteiger partial charge in [0, 0.05) is 20.1 Å². The third-order valence-corrected chi connectivity index (χ3v) is 7.17. The van der Waals surface area contributed by atoms with E-state index in [1.807, 2.05) is 6.92 Å². The summed E-state index contributed by atoms with van der Waals surface area (Å²) >= 11 is 1.27. The van der Waals surface area contributed by atoms with E-state index in [1.54, 1.807) is 7.05 Å². The molecule has 4 rings (SSSR count). The highest BCUT2D eigenvalue weighted by Gasteiger charge is 2.19. The van der Waals surface area contributed by atoms with E-state index in [0.717, 1.165) is 18.0 Å². The zero-order valence-electron chi connectivity index (χ0n) is 17.8. The molecule has 0 radical (unpaired) electrons. The highest BCUT2D eigenvalue weighted by molar-refractivity contribution is 7.20. The lowest BCUT2D eigenvalue weighted by Crippen LogP contribution is -2.32. The fourth-order valence-corrected chi connectivity index (χ4v) is 4.98. The van der Waals surface area contributed by atoms with Crippen molar-refractivity contribution in [2.75, 3.05) is 13.1 Å². The van der Waals surface area contributed by atoms with Crippen LogP contribution < -0.4 is 10.9 Å². The molecule has 1 aliphatic rings. The summed E-state index contributed by atoms with van der Waals surface area (Å²) in [4.78, 5) is 33.0. The van der Waals surface area contributed by atoms with Crippen molar-refractivity contribution in [3.05, 3.63) is 62.5 Å². The maximum absolute atomic E-state index is 12.7. The zero-order chi connectivity index (χ0) is 21.3. The summed E-state index contributed by atoms with van der Waals surface area (Å²) in [6.45, 7) is 7.93. The van der Waals surface area contributed by atoms with Crippen LogP contribution in [0, 0.1) is 12.8 Å². The first-order valence-electron chi connectivity index (χ1n) is 10.5. The molecule has 3 aromatic rings. The molecular weight excluding hydrogens is 396 g/mol. The number of likely N-dealkylation sites (tertiary alicyclic amines) is 1. The number of benzene rings is 1. The molecule has 0 unspecified atom stereocenters. The zero-order valence-corrected chi connectivity index (χ0v) is 18.6. The van der Waals surface area contributed by atoms with Crippen LogP contribution in [0.2, 0.25) is 0 Å². The second-order valence-electron chi connectivity index (χ2n) is 8.35. The number of carbonyl (C=O) groups is 1. The Morgan fingerprint density at radius 3 is 2.57 bits per heavy atom. The Balaban J connectivity index is 1.38. The molecular formula is C23H28N4O2S. The summed E-state index contributed by atoms with van der Waals surface area (Å²) in [5.41, 5.74) is 2.95. The summed E-state index contributed by atoms with van der Waals surface area (Å²) in [7, 11) is 1.67. The number of fused-ring (bicyclic) bond motifs is 1. The quantitative estimate of drug-likeness (QED) is 0.681. The molecule has 1 aliphatic heterocycles. The molecule has 1 N–H and O–H groups in total. The molecule has 0 spiro atoms.